The summed E-state index contributed by atoms with van der Waals surface area (Å²) in [5.74, 6) is -5.45. The molecule has 4 nitrogen and oxygen atoms in total. The fourth-order valence-electron chi connectivity index (χ4n) is 1.11. The SMILES string of the molecule is CC(CO)CNS(=O)(=O)c1ccc(F)c(F)c1F. The van der Waals surface area contributed by atoms with Crippen LogP contribution in [0, 0.1) is 23.4 Å². The van der Waals surface area contributed by atoms with E-state index >= 15 is 0 Å². The molecule has 0 aliphatic rings. The van der Waals surface area contributed by atoms with Crippen molar-refractivity contribution in [2.24, 2.45) is 5.92 Å². The molecule has 18 heavy (non-hydrogen) atoms. The van der Waals surface area contributed by atoms with Crippen molar-refractivity contribution >= 4 is 10.0 Å². The van der Waals surface area contributed by atoms with E-state index in [4.69, 9.17) is 5.11 Å². The average Bonchev–Trinajstić information content (AvgIpc) is 2.32. The van der Waals surface area contributed by atoms with E-state index in [1.165, 1.54) is 0 Å². The number of aliphatic hydroxyl groups is 1. The Hall–Kier alpha value is -1.12. The highest BCUT2D eigenvalue weighted by Gasteiger charge is 2.24. The summed E-state index contributed by atoms with van der Waals surface area (Å²) < 4.78 is 64.1. The first-order valence-electron chi connectivity index (χ1n) is 5.03. The van der Waals surface area contributed by atoms with Crippen LogP contribution in [-0.2, 0) is 10.0 Å². The van der Waals surface area contributed by atoms with Gasteiger partial charge in [-0.25, -0.2) is 26.3 Å². The molecule has 1 atom stereocenters. The molecule has 2 N–H and O–H groups in total. The van der Waals surface area contributed by atoms with E-state index in [9.17, 15) is 21.6 Å². The Labute approximate surface area is 102 Å². The van der Waals surface area contributed by atoms with Crippen molar-refractivity contribution in [3.8, 4) is 0 Å². The normalized spacial score (nSPS) is 13.6. The first-order chi connectivity index (χ1) is 8.29. The monoisotopic (exact) mass is 283 g/mol. The molecule has 0 bridgehead atoms. The predicted molar refractivity (Wildman–Crippen MR) is 57.8 cm³/mol. The Kier molecular flexibility index (Phi) is 4.71. The molecule has 8 heteroatoms. The van der Waals surface area contributed by atoms with Crippen LogP contribution in [0.5, 0.6) is 0 Å². The van der Waals surface area contributed by atoms with Crippen LogP contribution in [0.3, 0.4) is 0 Å². The highest BCUT2D eigenvalue weighted by atomic mass is 32.2. The highest BCUT2D eigenvalue weighted by molar-refractivity contribution is 7.89. The predicted octanol–water partition coefficient (Wildman–Crippen LogP) is 1.01. The third kappa shape index (κ3) is 3.21. The standard InChI is InChI=1S/C10H12F3NO3S/c1-6(5-15)4-14-18(16,17)8-3-2-7(11)9(12)10(8)13/h2-3,6,14-15H,4-5H2,1H3. The largest absolute Gasteiger partial charge is 0.396 e. The van der Waals surface area contributed by atoms with Gasteiger partial charge in [0, 0.05) is 13.2 Å². The van der Waals surface area contributed by atoms with Gasteiger partial charge in [-0.3, -0.25) is 0 Å². The molecule has 0 heterocycles. The van der Waals surface area contributed by atoms with Crippen molar-refractivity contribution in [2.75, 3.05) is 13.2 Å². The van der Waals surface area contributed by atoms with Gasteiger partial charge in [0.05, 0.1) is 0 Å². The van der Waals surface area contributed by atoms with Crippen LogP contribution in [0.2, 0.25) is 0 Å². The molecule has 1 aromatic carbocycles. The second kappa shape index (κ2) is 5.68. The lowest BCUT2D eigenvalue weighted by molar-refractivity contribution is 0.238. The molecule has 0 amide bonds. The zero-order valence-electron chi connectivity index (χ0n) is 9.45. The molecule has 1 aromatic rings. The molecule has 0 saturated heterocycles. The van der Waals surface area contributed by atoms with E-state index in [-0.39, 0.29) is 19.1 Å². The summed E-state index contributed by atoms with van der Waals surface area (Å²) in [5.41, 5.74) is 0. The Morgan fingerprint density at radius 3 is 2.44 bits per heavy atom. The van der Waals surface area contributed by atoms with Crippen LogP contribution in [0.25, 0.3) is 0 Å². The Morgan fingerprint density at radius 2 is 1.89 bits per heavy atom. The number of halogens is 3. The minimum atomic E-state index is -4.28. The van der Waals surface area contributed by atoms with E-state index < -0.39 is 32.4 Å². The second-order valence-electron chi connectivity index (χ2n) is 3.81. The second-order valence-corrected chi connectivity index (χ2v) is 5.55. The van der Waals surface area contributed by atoms with Gasteiger partial charge in [-0.2, -0.15) is 0 Å². The van der Waals surface area contributed by atoms with Crippen LogP contribution in [-0.4, -0.2) is 26.7 Å². The maximum absolute atomic E-state index is 13.3. The van der Waals surface area contributed by atoms with Crippen molar-refractivity contribution in [3.05, 3.63) is 29.6 Å². The van der Waals surface area contributed by atoms with Gasteiger partial charge in [-0.05, 0) is 18.1 Å². The average molecular weight is 283 g/mol. The van der Waals surface area contributed by atoms with Gasteiger partial charge in [0.2, 0.25) is 10.0 Å². The lowest BCUT2D eigenvalue weighted by Gasteiger charge is -2.11. The number of hydrogen-bond acceptors (Lipinski definition) is 3. The van der Waals surface area contributed by atoms with E-state index in [0.717, 1.165) is 0 Å². The Balaban J connectivity index is 3.03. The third-order valence-electron chi connectivity index (χ3n) is 2.22. The first-order valence-corrected chi connectivity index (χ1v) is 6.52. The van der Waals surface area contributed by atoms with Crippen molar-refractivity contribution in [2.45, 2.75) is 11.8 Å². The molecule has 1 unspecified atom stereocenters. The lowest BCUT2D eigenvalue weighted by atomic mass is 10.2. The molecule has 102 valence electrons. The van der Waals surface area contributed by atoms with Crippen LogP contribution in [0.1, 0.15) is 6.92 Å². The fourth-order valence-corrected chi connectivity index (χ4v) is 2.34. The molecule has 0 saturated carbocycles. The fraction of sp³-hybridized carbons (Fsp3) is 0.400. The van der Waals surface area contributed by atoms with Crippen LogP contribution >= 0.6 is 0 Å². The number of hydrogen-bond donors (Lipinski definition) is 2. The van der Waals surface area contributed by atoms with Gasteiger partial charge >= 0.3 is 0 Å². The highest BCUT2D eigenvalue weighted by Crippen LogP contribution is 2.19. The number of rotatable bonds is 5. The Bertz CT molecular complexity index is 533. The molecule has 0 aromatic heterocycles. The van der Waals surface area contributed by atoms with Crippen molar-refractivity contribution < 1.29 is 26.7 Å². The van der Waals surface area contributed by atoms with Gasteiger partial charge in [0.15, 0.2) is 17.5 Å². The summed E-state index contributed by atoms with van der Waals surface area (Å²) in [6, 6.07) is 1.17. The summed E-state index contributed by atoms with van der Waals surface area (Å²) in [4.78, 5) is -0.966. The van der Waals surface area contributed by atoms with Crippen molar-refractivity contribution in [1.29, 1.82) is 0 Å². The third-order valence-corrected chi connectivity index (χ3v) is 3.66. The maximum Gasteiger partial charge on any atom is 0.243 e. The minimum Gasteiger partial charge on any atom is -0.396 e. The van der Waals surface area contributed by atoms with Gasteiger partial charge in [0.1, 0.15) is 4.90 Å². The summed E-state index contributed by atoms with van der Waals surface area (Å²) in [5, 5.41) is 8.72. The summed E-state index contributed by atoms with van der Waals surface area (Å²) in [6.07, 6.45) is 0. The minimum absolute atomic E-state index is 0.142. The van der Waals surface area contributed by atoms with Crippen LogP contribution in [0.15, 0.2) is 17.0 Å². The van der Waals surface area contributed by atoms with E-state index in [0.29, 0.717) is 12.1 Å². The van der Waals surface area contributed by atoms with Gasteiger partial charge < -0.3 is 5.11 Å². The summed E-state index contributed by atoms with van der Waals surface area (Å²) in [7, 11) is -4.28. The Morgan fingerprint density at radius 1 is 1.28 bits per heavy atom. The lowest BCUT2D eigenvalue weighted by Crippen LogP contribution is -2.30. The smallest absolute Gasteiger partial charge is 0.243 e. The molecular formula is C10H12F3NO3S. The number of nitrogens with one attached hydrogen (secondary N) is 1. The molecule has 0 spiro atoms. The number of sulfonamides is 1. The molecule has 0 radical (unpaired) electrons. The molecule has 0 aliphatic heterocycles. The molecule has 0 aliphatic carbocycles. The van der Waals surface area contributed by atoms with E-state index in [1.807, 2.05) is 4.72 Å². The molecule has 1 rings (SSSR count). The first kappa shape index (κ1) is 14.9. The van der Waals surface area contributed by atoms with E-state index in [2.05, 4.69) is 0 Å². The number of aliphatic hydroxyl groups excluding tert-OH is 1. The van der Waals surface area contributed by atoms with Crippen LogP contribution in [0.4, 0.5) is 13.2 Å². The molecule has 0 fully saturated rings. The van der Waals surface area contributed by atoms with Crippen molar-refractivity contribution in [1.82, 2.24) is 4.72 Å². The van der Waals surface area contributed by atoms with Crippen LogP contribution < -0.4 is 4.72 Å². The number of benzene rings is 1. The zero-order valence-corrected chi connectivity index (χ0v) is 10.3. The summed E-state index contributed by atoms with van der Waals surface area (Å²) in [6.45, 7) is 1.16. The molecular weight excluding hydrogens is 271 g/mol. The maximum atomic E-state index is 13.3. The van der Waals surface area contributed by atoms with Gasteiger partial charge in [-0.1, -0.05) is 6.92 Å². The van der Waals surface area contributed by atoms with Gasteiger partial charge in [0.25, 0.3) is 0 Å². The zero-order chi connectivity index (χ0) is 13.9. The quantitative estimate of drug-likeness (QED) is 0.793. The topological polar surface area (TPSA) is 66.4 Å². The summed E-state index contributed by atoms with van der Waals surface area (Å²) >= 11 is 0. The van der Waals surface area contributed by atoms with Gasteiger partial charge in [-0.15, -0.1) is 0 Å². The van der Waals surface area contributed by atoms with Crippen molar-refractivity contribution in [3.63, 3.8) is 0 Å². The van der Waals surface area contributed by atoms with E-state index in [1.54, 1.807) is 6.92 Å².